The Bertz CT molecular complexity index is 1170. The van der Waals surface area contributed by atoms with Crippen LogP contribution in [0.1, 0.15) is 45.2 Å². The minimum Gasteiger partial charge on any atom is -0.497 e. The average Bonchev–Trinajstić information content (AvgIpc) is 3.66. The zero-order valence-electron chi connectivity index (χ0n) is 23.3. The van der Waals surface area contributed by atoms with Crippen LogP contribution in [0.25, 0.3) is 0 Å². The van der Waals surface area contributed by atoms with Gasteiger partial charge in [0.25, 0.3) is 0 Å². The first-order valence-corrected chi connectivity index (χ1v) is 13.1. The molecule has 39 heavy (non-hydrogen) atoms. The van der Waals surface area contributed by atoms with Crippen molar-refractivity contribution < 1.29 is 28.7 Å². The Morgan fingerprint density at radius 1 is 1.00 bits per heavy atom. The summed E-state index contributed by atoms with van der Waals surface area (Å²) in [6, 6.07) is 15.0. The number of epoxide rings is 1. The Kier molecular flexibility index (Phi) is 9.63. The molecule has 9 heteroatoms. The third-order valence-corrected chi connectivity index (χ3v) is 6.89. The van der Waals surface area contributed by atoms with Crippen molar-refractivity contribution in [1.29, 1.82) is 0 Å². The maximum atomic E-state index is 13.7. The number of hydrogen-bond donors (Lipinski definition) is 3. The zero-order valence-corrected chi connectivity index (χ0v) is 23.3. The van der Waals surface area contributed by atoms with Crippen LogP contribution in [-0.2, 0) is 36.8 Å². The van der Waals surface area contributed by atoms with Gasteiger partial charge in [-0.05, 0) is 63.8 Å². The van der Waals surface area contributed by atoms with Crippen molar-refractivity contribution in [3.8, 4) is 5.75 Å². The highest BCUT2D eigenvalue weighted by atomic mass is 16.6. The Labute approximate surface area is 229 Å². The molecule has 0 bridgehead atoms. The molecule has 0 saturated carbocycles. The van der Waals surface area contributed by atoms with Crippen LogP contribution >= 0.6 is 0 Å². The third kappa shape index (κ3) is 8.46. The first kappa shape index (κ1) is 30.0. The summed E-state index contributed by atoms with van der Waals surface area (Å²) in [7, 11) is 1.57. The van der Waals surface area contributed by atoms with Crippen molar-refractivity contribution in [2.45, 2.75) is 70.2 Å². The van der Waals surface area contributed by atoms with E-state index in [9.17, 15) is 19.2 Å². The van der Waals surface area contributed by atoms with E-state index in [-0.39, 0.29) is 24.4 Å². The van der Waals surface area contributed by atoms with Crippen molar-refractivity contribution in [1.82, 2.24) is 10.6 Å². The van der Waals surface area contributed by atoms with Crippen LogP contribution in [0.2, 0.25) is 0 Å². The molecule has 1 aliphatic rings. The summed E-state index contributed by atoms with van der Waals surface area (Å²) in [5, 5.41) is 5.54. The van der Waals surface area contributed by atoms with Crippen molar-refractivity contribution >= 4 is 23.4 Å². The van der Waals surface area contributed by atoms with Crippen LogP contribution in [-0.4, -0.2) is 60.3 Å². The maximum Gasteiger partial charge on any atom is 0.240 e. The smallest absolute Gasteiger partial charge is 0.240 e. The van der Waals surface area contributed by atoms with Gasteiger partial charge in [0.15, 0.2) is 11.6 Å². The monoisotopic (exact) mass is 537 g/mol. The molecule has 9 nitrogen and oxygen atoms in total. The molecule has 1 heterocycles. The highest BCUT2D eigenvalue weighted by Gasteiger charge is 2.50. The molecule has 210 valence electrons. The summed E-state index contributed by atoms with van der Waals surface area (Å²) >= 11 is 0. The lowest BCUT2D eigenvalue weighted by Crippen LogP contribution is -2.53. The molecule has 0 aliphatic carbocycles. The minimum atomic E-state index is -1.15. The SMILES string of the molecule is COc1ccc(C[C@H](CC(=O)[C@H](C)NC(=O)C(C)(C)N)C(=O)N[C@@H](Cc2ccccc2)C(=O)[C@@]2(C)CO2)cc1. The van der Waals surface area contributed by atoms with Crippen molar-refractivity contribution in [2.24, 2.45) is 11.7 Å². The average molecular weight is 538 g/mol. The summed E-state index contributed by atoms with van der Waals surface area (Å²) in [6.07, 6.45) is 0.417. The Morgan fingerprint density at radius 2 is 1.59 bits per heavy atom. The van der Waals surface area contributed by atoms with Crippen LogP contribution in [0.4, 0.5) is 0 Å². The zero-order chi connectivity index (χ0) is 28.8. The third-order valence-electron chi connectivity index (χ3n) is 6.89. The van der Waals surface area contributed by atoms with Gasteiger partial charge in [0.05, 0.1) is 31.3 Å². The number of nitrogens with two attached hydrogens (primary N) is 1. The van der Waals surface area contributed by atoms with Gasteiger partial charge in [0, 0.05) is 12.3 Å². The van der Waals surface area contributed by atoms with Gasteiger partial charge in [0.2, 0.25) is 11.8 Å². The number of hydrogen-bond acceptors (Lipinski definition) is 7. The molecule has 0 aromatic heterocycles. The standard InChI is InChI=1S/C30H39N3O6/c1-19(32-28(37)29(2,3)31)25(34)17-22(15-21-11-13-23(38-5)14-12-21)27(36)33-24(26(35)30(4)18-39-30)16-20-9-7-6-8-10-20/h6-14,19,22,24H,15-18,31H2,1-5H3,(H,32,37)(H,33,36)/t19-,22+,24-,30+/m0/s1. The van der Waals surface area contributed by atoms with Gasteiger partial charge >= 0.3 is 0 Å². The molecular weight excluding hydrogens is 498 g/mol. The van der Waals surface area contributed by atoms with Gasteiger partial charge in [-0.15, -0.1) is 0 Å². The van der Waals surface area contributed by atoms with E-state index in [2.05, 4.69) is 10.6 Å². The van der Waals surface area contributed by atoms with Crippen LogP contribution in [0.15, 0.2) is 54.6 Å². The quantitative estimate of drug-likeness (QED) is 0.314. The number of amides is 2. The molecule has 1 fully saturated rings. The van der Waals surface area contributed by atoms with Crippen molar-refractivity contribution in [2.75, 3.05) is 13.7 Å². The Morgan fingerprint density at radius 3 is 2.13 bits per heavy atom. The molecule has 2 aromatic carbocycles. The van der Waals surface area contributed by atoms with Gasteiger partial charge < -0.3 is 25.8 Å². The molecule has 2 amide bonds. The second-order valence-corrected chi connectivity index (χ2v) is 11.0. The molecular formula is C30H39N3O6. The number of ether oxygens (including phenoxy) is 2. The number of nitrogens with one attached hydrogen (secondary N) is 2. The van der Waals surface area contributed by atoms with Crippen LogP contribution in [0.5, 0.6) is 5.75 Å². The van der Waals surface area contributed by atoms with Gasteiger partial charge in [0.1, 0.15) is 11.4 Å². The summed E-state index contributed by atoms with van der Waals surface area (Å²) in [4.78, 5) is 52.4. The summed E-state index contributed by atoms with van der Waals surface area (Å²) in [6.45, 7) is 6.68. The summed E-state index contributed by atoms with van der Waals surface area (Å²) in [5.41, 5.74) is 5.49. The van der Waals surface area contributed by atoms with E-state index < -0.39 is 41.0 Å². The largest absolute Gasteiger partial charge is 0.497 e. The second-order valence-electron chi connectivity index (χ2n) is 11.0. The fourth-order valence-corrected chi connectivity index (χ4v) is 4.15. The number of rotatable bonds is 14. The first-order chi connectivity index (χ1) is 18.3. The van der Waals surface area contributed by atoms with Crippen molar-refractivity contribution in [3.63, 3.8) is 0 Å². The number of methoxy groups -OCH3 is 1. The number of carbonyl (C=O) groups is 4. The Hall–Kier alpha value is -3.56. The predicted molar refractivity (Wildman–Crippen MR) is 147 cm³/mol. The van der Waals surface area contributed by atoms with Gasteiger partial charge in [-0.25, -0.2) is 0 Å². The molecule has 1 saturated heterocycles. The van der Waals surface area contributed by atoms with Crippen LogP contribution < -0.4 is 21.1 Å². The van der Waals surface area contributed by atoms with Crippen molar-refractivity contribution in [3.05, 3.63) is 65.7 Å². The molecule has 0 radical (unpaired) electrons. The van der Waals surface area contributed by atoms with E-state index in [4.69, 9.17) is 15.2 Å². The fraction of sp³-hybridized carbons (Fsp3) is 0.467. The van der Waals surface area contributed by atoms with Gasteiger partial charge in [-0.3, -0.25) is 19.2 Å². The van der Waals surface area contributed by atoms with E-state index in [1.54, 1.807) is 46.9 Å². The maximum absolute atomic E-state index is 13.7. The van der Waals surface area contributed by atoms with Gasteiger partial charge in [-0.1, -0.05) is 42.5 Å². The molecule has 0 spiro atoms. The number of ketones is 2. The predicted octanol–water partition coefficient (Wildman–Crippen LogP) is 2.14. The molecule has 1 aliphatic heterocycles. The summed E-state index contributed by atoms with van der Waals surface area (Å²) in [5.74, 6) is -1.52. The number of Topliss-reactive ketones (excluding diaryl/α,β-unsaturated/α-hetero) is 2. The fourth-order valence-electron chi connectivity index (χ4n) is 4.15. The number of carbonyl (C=O) groups excluding carboxylic acids is 4. The Balaban J connectivity index is 1.81. The lowest BCUT2D eigenvalue weighted by atomic mass is 9.89. The van der Waals surface area contributed by atoms with E-state index in [1.165, 1.54) is 0 Å². The van der Waals surface area contributed by atoms with E-state index in [0.29, 0.717) is 18.8 Å². The van der Waals surface area contributed by atoms with E-state index in [0.717, 1.165) is 11.1 Å². The normalized spacial score (nSPS) is 18.8. The topological polar surface area (TPSA) is 140 Å². The lowest BCUT2D eigenvalue weighted by Gasteiger charge is -2.25. The van der Waals surface area contributed by atoms with Crippen LogP contribution in [0.3, 0.4) is 0 Å². The highest BCUT2D eigenvalue weighted by Crippen LogP contribution is 2.29. The molecule has 2 aromatic rings. The molecule has 0 unspecified atom stereocenters. The minimum absolute atomic E-state index is 0.135. The van der Waals surface area contributed by atoms with Crippen LogP contribution in [0, 0.1) is 5.92 Å². The molecule has 4 N–H and O–H groups in total. The highest BCUT2D eigenvalue weighted by molar-refractivity contribution is 5.98. The molecule has 4 atom stereocenters. The molecule has 3 rings (SSSR count). The van der Waals surface area contributed by atoms with E-state index in [1.807, 2.05) is 42.5 Å². The lowest BCUT2D eigenvalue weighted by molar-refractivity contribution is -0.134. The van der Waals surface area contributed by atoms with Gasteiger partial charge in [-0.2, -0.15) is 0 Å². The second kappa shape index (κ2) is 12.5. The summed E-state index contributed by atoms with van der Waals surface area (Å²) < 4.78 is 10.6. The number of benzene rings is 2. The van der Waals surface area contributed by atoms with E-state index >= 15 is 0 Å². The first-order valence-electron chi connectivity index (χ1n) is 13.1.